The predicted octanol–water partition coefficient (Wildman–Crippen LogP) is 1.06. The maximum absolute atomic E-state index is 10.9. The Morgan fingerprint density at radius 3 is 2.71 bits per heavy atom. The zero-order valence-corrected chi connectivity index (χ0v) is 7.22. The smallest absolute Gasteiger partial charge is 0.358 e. The molecule has 0 atom stereocenters. The van der Waals surface area contributed by atoms with Gasteiger partial charge in [0.25, 0.3) is 0 Å². The van der Waals surface area contributed by atoms with E-state index in [1.807, 2.05) is 0 Å². The van der Waals surface area contributed by atoms with E-state index in [1.165, 1.54) is 13.0 Å². The lowest BCUT2D eigenvalue weighted by Crippen LogP contribution is -2.01. The first-order chi connectivity index (χ1) is 6.54. The highest BCUT2D eigenvalue weighted by molar-refractivity contribution is 5.92. The summed E-state index contributed by atoms with van der Waals surface area (Å²) in [5.41, 5.74) is -0.0207. The van der Waals surface area contributed by atoms with Crippen molar-refractivity contribution < 1.29 is 9.72 Å². The molecule has 0 radical (unpaired) electrons. The van der Waals surface area contributed by atoms with Crippen molar-refractivity contribution in [3.05, 3.63) is 33.5 Å². The monoisotopic (exact) mass is 191 g/mol. The van der Waals surface area contributed by atoms with E-state index in [0.717, 1.165) is 6.07 Å². The van der Waals surface area contributed by atoms with Crippen LogP contribution in [0.25, 0.3) is 0 Å². The van der Waals surface area contributed by atoms with E-state index in [9.17, 15) is 14.9 Å². The summed E-state index contributed by atoms with van der Waals surface area (Å²) in [6.07, 6.45) is 0. The van der Waals surface area contributed by atoms with Crippen LogP contribution in [0, 0.1) is 21.4 Å². The standard InChI is InChI=1S/C8H5N3O3/c1-5(12)7-2-6(4-9)3-8(10-7)11(13)14/h2-3H,1H3. The molecule has 0 unspecified atom stereocenters. The number of hydrogen-bond acceptors (Lipinski definition) is 5. The van der Waals surface area contributed by atoms with Gasteiger partial charge < -0.3 is 10.1 Å². The molecule has 0 aliphatic rings. The zero-order chi connectivity index (χ0) is 10.7. The van der Waals surface area contributed by atoms with Gasteiger partial charge in [0.05, 0.1) is 17.7 Å². The fraction of sp³-hybridized carbons (Fsp3) is 0.125. The molecule has 0 fully saturated rings. The Hall–Kier alpha value is -2.29. The Bertz CT molecular complexity index is 415. The molecule has 1 heterocycles. The van der Waals surface area contributed by atoms with Crippen molar-refractivity contribution in [1.82, 2.24) is 4.98 Å². The molecule has 1 aromatic rings. The maximum Gasteiger partial charge on any atom is 0.365 e. The summed E-state index contributed by atoms with van der Waals surface area (Å²) in [4.78, 5) is 24.0. The largest absolute Gasteiger partial charge is 0.365 e. The van der Waals surface area contributed by atoms with Gasteiger partial charge in [0.2, 0.25) is 11.5 Å². The van der Waals surface area contributed by atoms with Gasteiger partial charge in [-0.3, -0.25) is 4.79 Å². The summed E-state index contributed by atoms with van der Waals surface area (Å²) < 4.78 is 0. The number of nitriles is 1. The van der Waals surface area contributed by atoms with E-state index in [4.69, 9.17) is 5.26 Å². The molecule has 0 aliphatic heterocycles. The Morgan fingerprint density at radius 1 is 1.64 bits per heavy atom. The van der Waals surface area contributed by atoms with Crippen molar-refractivity contribution in [3.8, 4) is 6.07 Å². The molecular formula is C8H5N3O3. The van der Waals surface area contributed by atoms with Crippen LogP contribution in [-0.4, -0.2) is 15.7 Å². The summed E-state index contributed by atoms with van der Waals surface area (Å²) in [6, 6.07) is 3.96. The fourth-order valence-corrected chi connectivity index (χ4v) is 0.854. The number of ketones is 1. The SMILES string of the molecule is CC(=O)c1cc(C#N)cc([N+](=O)[O-])n1. The van der Waals surface area contributed by atoms with Gasteiger partial charge in [0, 0.05) is 13.0 Å². The van der Waals surface area contributed by atoms with Gasteiger partial charge in [-0.25, -0.2) is 0 Å². The molecule has 0 amide bonds. The second kappa shape index (κ2) is 3.62. The Labute approximate surface area is 79.0 Å². The van der Waals surface area contributed by atoms with Crippen LogP contribution >= 0.6 is 0 Å². The minimum Gasteiger partial charge on any atom is -0.358 e. The summed E-state index contributed by atoms with van der Waals surface area (Å²) in [7, 11) is 0. The highest BCUT2D eigenvalue weighted by Crippen LogP contribution is 2.12. The van der Waals surface area contributed by atoms with Crippen molar-refractivity contribution >= 4 is 11.6 Å². The number of hydrogen-bond donors (Lipinski definition) is 0. The summed E-state index contributed by atoms with van der Waals surface area (Å²) in [5, 5.41) is 18.9. The van der Waals surface area contributed by atoms with Crippen LogP contribution in [0.1, 0.15) is 23.0 Å². The van der Waals surface area contributed by atoms with Crippen LogP contribution in [0.2, 0.25) is 0 Å². The summed E-state index contributed by atoms with van der Waals surface area (Å²) in [5.74, 6) is -0.903. The number of carbonyl (C=O) groups excluding carboxylic acids is 1. The van der Waals surface area contributed by atoms with Crippen molar-refractivity contribution in [2.24, 2.45) is 0 Å². The molecule has 0 saturated heterocycles. The second-order valence-electron chi connectivity index (χ2n) is 2.52. The highest BCUT2D eigenvalue weighted by atomic mass is 16.6. The van der Waals surface area contributed by atoms with Crippen molar-refractivity contribution in [3.63, 3.8) is 0 Å². The molecule has 1 aromatic heterocycles. The number of nitrogens with zero attached hydrogens (tertiary/aromatic N) is 3. The highest BCUT2D eigenvalue weighted by Gasteiger charge is 2.15. The van der Waals surface area contributed by atoms with Crippen LogP contribution in [0.3, 0.4) is 0 Å². The van der Waals surface area contributed by atoms with Gasteiger partial charge in [-0.15, -0.1) is 0 Å². The van der Waals surface area contributed by atoms with Crippen LogP contribution < -0.4 is 0 Å². The van der Waals surface area contributed by atoms with Gasteiger partial charge in [0.1, 0.15) is 0 Å². The molecule has 0 bridgehead atoms. The Morgan fingerprint density at radius 2 is 2.29 bits per heavy atom. The lowest BCUT2D eigenvalue weighted by molar-refractivity contribution is -0.389. The van der Waals surface area contributed by atoms with E-state index in [2.05, 4.69) is 4.98 Å². The second-order valence-corrected chi connectivity index (χ2v) is 2.52. The summed E-state index contributed by atoms with van der Waals surface area (Å²) in [6.45, 7) is 1.23. The average Bonchev–Trinajstić information content (AvgIpc) is 2.16. The summed E-state index contributed by atoms with van der Waals surface area (Å²) >= 11 is 0. The molecule has 0 spiro atoms. The van der Waals surface area contributed by atoms with Crippen molar-refractivity contribution in [1.29, 1.82) is 5.26 Å². The third-order valence-corrected chi connectivity index (χ3v) is 1.49. The quantitative estimate of drug-likeness (QED) is 0.395. The predicted molar refractivity (Wildman–Crippen MR) is 45.6 cm³/mol. The van der Waals surface area contributed by atoms with Crippen molar-refractivity contribution in [2.75, 3.05) is 0 Å². The first-order valence-corrected chi connectivity index (χ1v) is 3.62. The van der Waals surface area contributed by atoms with E-state index >= 15 is 0 Å². The minimum absolute atomic E-state index is 0.0527. The van der Waals surface area contributed by atoms with Gasteiger partial charge in [-0.05, 0) is 9.91 Å². The van der Waals surface area contributed by atoms with E-state index in [0.29, 0.717) is 0 Å². The normalized spacial score (nSPS) is 9.14. The maximum atomic E-state index is 10.9. The number of pyridine rings is 1. The molecule has 1 rings (SSSR count). The van der Waals surface area contributed by atoms with Gasteiger partial charge in [-0.1, -0.05) is 0 Å². The molecule has 0 aromatic carbocycles. The molecule has 0 saturated carbocycles. The first kappa shape index (κ1) is 9.80. The first-order valence-electron chi connectivity index (χ1n) is 3.62. The Balaban J connectivity index is 3.36. The molecule has 14 heavy (non-hydrogen) atoms. The van der Waals surface area contributed by atoms with E-state index in [1.54, 1.807) is 6.07 Å². The van der Waals surface area contributed by atoms with Crippen LogP contribution in [0.15, 0.2) is 12.1 Å². The number of nitro groups is 1. The molecule has 0 aliphatic carbocycles. The number of Topliss-reactive ketones (excluding diaryl/α,β-unsaturated/α-hetero) is 1. The van der Waals surface area contributed by atoms with Crippen molar-refractivity contribution in [2.45, 2.75) is 6.92 Å². The molecular weight excluding hydrogens is 186 g/mol. The van der Waals surface area contributed by atoms with Gasteiger partial charge in [0.15, 0.2) is 0 Å². The molecule has 6 heteroatoms. The van der Waals surface area contributed by atoms with E-state index < -0.39 is 16.5 Å². The fourth-order valence-electron chi connectivity index (χ4n) is 0.854. The molecule has 0 N–H and O–H groups in total. The molecule has 6 nitrogen and oxygen atoms in total. The number of carbonyl (C=O) groups is 1. The van der Waals surface area contributed by atoms with Gasteiger partial charge >= 0.3 is 5.82 Å². The number of aromatic nitrogens is 1. The number of rotatable bonds is 2. The topological polar surface area (TPSA) is 96.9 Å². The van der Waals surface area contributed by atoms with E-state index in [-0.39, 0.29) is 11.3 Å². The van der Waals surface area contributed by atoms with Gasteiger partial charge in [-0.2, -0.15) is 5.26 Å². The molecule has 70 valence electrons. The van der Waals surface area contributed by atoms with Crippen LogP contribution in [0.4, 0.5) is 5.82 Å². The minimum atomic E-state index is -0.743. The Kier molecular flexibility index (Phi) is 2.53. The zero-order valence-electron chi connectivity index (χ0n) is 7.22. The van der Waals surface area contributed by atoms with Crippen LogP contribution in [0.5, 0.6) is 0 Å². The lowest BCUT2D eigenvalue weighted by atomic mass is 10.2. The lowest BCUT2D eigenvalue weighted by Gasteiger charge is -1.94. The van der Waals surface area contributed by atoms with Crippen LogP contribution in [-0.2, 0) is 0 Å². The average molecular weight is 191 g/mol. The third kappa shape index (κ3) is 1.90. The third-order valence-electron chi connectivity index (χ3n) is 1.49.